The molecule has 0 unspecified atom stereocenters. The summed E-state index contributed by atoms with van der Waals surface area (Å²) in [6, 6.07) is 5.16. The Labute approximate surface area is 174 Å². The van der Waals surface area contributed by atoms with Crippen molar-refractivity contribution in [3.05, 3.63) is 43.1 Å². The zero-order valence-corrected chi connectivity index (χ0v) is 17.0. The van der Waals surface area contributed by atoms with E-state index in [4.69, 9.17) is 4.74 Å². The third kappa shape index (κ3) is 3.20. The summed E-state index contributed by atoms with van der Waals surface area (Å²) < 4.78 is 22.8. The van der Waals surface area contributed by atoms with Crippen LogP contribution in [-0.2, 0) is 0 Å². The van der Waals surface area contributed by atoms with Gasteiger partial charge in [-0.25, -0.2) is 14.4 Å². The number of ether oxygens (including phenoxy) is 1. The van der Waals surface area contributed by atoms with E-state index >= 15 is 4.39 Å². The first kappa shape index (κ1) is 19.0. The van der Waals surface area contributed by atoms with Crippen molar-refractivity contribution < 1.29 is 14.2 Å². The number of phenols is 1. The van der Waals surface area contributed by atoms with Crippen LogP contribution in [0.2, 0.25) is 0 Å². The molecular weight excluding hydrogens is 385 g/mol. The molecule has 156 valence electrons. The Balaban J connectivity index is 1.34. The number of benzene rings is 1. The van der Waals surface area contributed by atoms with Gasteiger partial charge >= 0.3 is 0 Å². The minimum atomic E-state index is -1.03. The molecule has 2 aliphatic rings. The van der Waals surface area contributed by atoms with Crippen LogP contribution in [0.1, 0.15) is 39.5 Å². The number of aromatic hydroxyl groups is 1. The van der Waals surface area contributed by atoms with Crippen LogP contribution in [0.3, 0.4) is 0 Å². The third-order valence-corrected chi connectivity index (χ3v) is 6.65. The molecule has 0 amide bonds. The number of nitrogens with zero attached hydrogens (tertiary/aromatic N) is 5. The lowest BCUT2D eigenvalue weighted by atomic mass is 9.68. The van der Waals surface area contributed by atoms with Gasteiger partial charge in [0.05, 0.1) is 23.8 Å². The summed E-state index contributed by atoms with van der Waals surface area (Å²) in [6.07, 6.45) is 8.46. The van der Waals surface area contributed by atoms with Gasteiger partial charge in [0.15, 0.2) is 5.82 Å². The van der Waals surface area contributed by atoms with Gasteiger partial charge in [0.25, 0.3) is 5.88 Å². The van der Waals surface area contributed by atoms with Crippen molar-refractivity contribution in [3.63, 3.8) is 0 Å². The Morgan fingerprint density at radius 1 is 1.23 bits per heavy atom. The van der Waals surface area contributed by atoms with Gasteiger partial charge in [-0.3, -0.25) is 0 Å². The maximum atomic E-state index is 15.1. The second-order valence-corrected chi connectivity index (χ2v) is 9.20. The smallest absolute Gasteiger partial charge is 0.252 e. The lowest BCUT2D eigenvalue weighted by Crippen LogP contribution is -2.46. The van der Waals surface area contributed by atoms with Crippen molar-refractivity contribution in [2.24, 2.45) is 10.8 Å². The van der Waals surface area contributed by atoms with E-state index in [1.165, 1.54) is 6.20 Å². The SMILES string of the molecule is C[C@@]12CC[C@@](C)(C1)[C@@H](F)[C@@H](Oc1cnc(-c3ccc(-n4ccnc4)cc3O)nn1)C2. The van der Waals surface area contributed by atoms with Crippen LogP contribution >= 0.6 is 0 Å². The normalized spacial score (nSPS) is 30.4. The molecule has 2 aliphatic carbocycles. The first-order chi connectivity index (χ1) is 14.4. The number of imidazole rings is 1. The molecule has 2 heterocycles. The number of hydrogen-bond donors (Lipinski definition) is 1. The molecule has 0 spiro atoms. The largest absolute Gasteiger partial charge is 0.507 e. The second kappa shape index (κ2) is 6.75. The van der Waals surface area contributed by atoms with E-state index in [9.17, 15) is 5.11 Å². The summed E-state index contributed by atoms with van der Waals surface area (Å²) in [4.78, 5) is 8.28. The molecule has 2 saturated carbocycles. The summed E-state index contributed by atoms with van der Waals surface area (Å²) in [7, 11) is 0. The first-order valence-electron chi connectivity index (χ1n) is 10.2. The van der Waals surface area contributed by atoms with Crippen LogP contribution in [0, 0.1) is 10.8 Å². The van der Waals surface area contributed by atoms with E-state index < -0.39 is 12.3 Å². The average molecular weight is 409 g/mol. The molecule has 8 heteroatoms. The van der Waals surface area contributed by atoms with Crippen LogP contribution in [0.15, 0.2) is 43.1 Å². The van der Waals surface area contributed by atoms with Gasteiger partial charge in [0, 0.05) is 23.9 Å². The quantitative estimate of drug-likeness (QED) is 0.698. The molecule has 1 N–H and O–H groups in total. The Hall–Kier alpha value is -3.03. The summed E-state index contributed by atoms with van der Waals surface area (Å²) in [5.74, 6) is 0.510. The maximum Gasteiger partial charge on any atom is 0.252 e. The summed E-state index contributed by atoms with van der Waals surface area (Å²) in [6.45, 7) is 4.23. The van der Waals surface area contributed by atoms with Crippen LogP contribution in [0.5, 0.6) is 11.6 Å². The predicted octanol–water partition coefficient (Wildman–Crippen LogP) is 4.12. The summed E-state index contributed by atoms with van der Waals surface area (Å²) in [5, 5.41) is 18.6. The summed E-state index contributed by atoms with van der Waals surface area (Å²) in [5.41, 5.74) is 1.01. The van der Waals surface area contributed by atoms with Crippen molar-refractivity contribution in [2.45, 2.75) is 51.8 Å². The highest BCUT2D eigenvalue weighted by Gasteiger charge is 2.56. The lowest BCUT2D eigenvalue weighted by Gasteiger charge is -2.42. The molecule has 2 bridgehead atoms. The minimum absolute atomic E-state index is 0.0326. The highest BCUT2D eigenvalue weighted by atomic mass is 19.1. The molecule has 4 atom stereocenters. The minimum Gasteiger partial charge on any atom is -0.507 e. The Morgan fingerprint density at radius 3 is 2.80 bits per heavy atom. The first-order valence-corrected chi connectivity index (χ1v) is 10.2. The molecule has 2 fully saturated rings. The topological polar surface area (TPSA) is 86.0 Å². The van der Waals surface area contributed by atoms with Crippen molar-refractivity contribution in [2.75, 3.05) is 0 Å². The van der Waals surface area contributed by atoms with Crippen molar-refractivity contribution in [3.8, 4) is 28.7 Å². The van der Waals surface area contributed by atoms with Crippen molar-refractivity contribution >= 4 is 0 Å². The van der Waals surface area contributed by atoms with Gasteiger partial charge < -0.3 is 14.4 Å². The van der Waals surface area contributed by atoms with Gasteiger partial charge in [-0.1, -0.05) is 13.8 Å². The van der Waals surface area contributed by atoms with E-state index in [1.807, 2.05) is 13.0 Å². The number of hydrogen-bond acceptors (Lipinski definition) is 6. The molecule has 0 aliphatic heterocycles. The van der Waals surface area contributed by atoms with Crippen LogP contribution in [0.4, 0.5) is 4.39 Å². The second-order valence-electron chi connectivity index (χ2n) is 9.20. The zero-order valence-electron chi connectivity index (χ0n) is 17.0. The molecule has 5 rings (SSSR count). The highest BCUT2D eigenvalue weighted by molar-refractivity contribution is 5.65. The van der Waals surface area contributed by atoms with Gasteiger partial charge in [-0.05, 0) is 43.2 Å². The molecule has 0 radical (unpaired) electrons. The molecule has 3 aromatic rings. The fourth-order valence-electron chi connectivity index (χ4n) is 5.17. The average Bonchev–Trinajstić information content (AvgIpc) is 3.34. The number of phenolic OH excluding ortho intramolecular Hbond substituents is 1. The van der Waals surface area contributed by atoms with Crippen molar-refractivity contribution in [1.82, 2.24) is 24.7 Å². The number of halogens is 1. The predicted molar refractivity (Wildman–Crippen MR) is 108 cm³/mol. The van der Waals surface area contributed by atoms with E-state index in [2.05, 4.69) is 27.1 Å². The standard InChI is InChI=1S/C22H24FN5O2/c1-21-5-6-22(2,12-21)19(23)17(10-21)30-18-11-25-20(27-26-18)15-4-3-14(9-16(15)29)28-8-7-24-13-28/h3-4,7-9,11,13,17,19,29H,5-6,10,12H2,1-2H3/t17-,19-,21-,22-/m0/s1. The van der Waals surface area contributed by atoms with E-state index in [0.29, 0.717) is 12.0 Å². The number of fused-ring (bicyclic) bond motifs is 2. The molecule has 2 aromatic heterocycles. The molecular formula is C22H24FN5O2. The molecule has 7 nitrogen and oxygen atoms in total. The van der Waals surface area contributed by atoms with Crippen LogP contribution < -0.4 is 4.74 Å². The fourth-order valence-corrected chi connectivity index (χ4v) is 5.17. The molecule has 30 heavy (non-hydrogen) atoms. The number of alkyl halides is 1. The van der Waals surface area contributed by atoms with Gasteiger partial charge in [0.1, 0.15) is 18.0 Å². The maximum absolute atomic E-state index is 15.1. The monoisotopic (exact) mass is 409 g/mol. The van der Waals surface area contributed by atoms with Gasteiger partial charge in [-0.2, -0.15) is 0 Å². The zero-order chi connectivity index (χ0) is 20.9. The van der Waals surface area contributed by atoms with Gasteiger partial charge in [-0.15, -0.1) is 10.2 Å². The lowest BCUT2D eigenvalue weighted by molar-refractivity contribution is -0.0434. The highest BCUT2D eigenvalue weighted by Crippen LogP contribution is 2.59. The Morgan fingerprint density at radius 2 is 2.10 bits per heavy atom. The van der Waals surface area contributed by atoms with Crippen molar-refractivity contribution in [1.29, 1.82) is 0 Å². The van der Waals surface area contributed by atoms with Crippen LogP contribution in [-0.4, -0.2) is 42.1 Å². The van der Waals surface area contributed by atoms with E-state index in [-0.39, 0.29) is 28.3 Å². The Kier molecular flexibility index (Phi) is 4.27. The Bertz CT molecular complexity index is 1060. The number of aromatic nitrogens is 5. The third-order valence-electron chi connectivity index (χ3n) is 6.65. The number of rotatable bonds is 4. The van der Waals surface area contributed by atoms with Crippen LogP contribution in [0.25, 0.3) is 17.1 Å². The van der Waals surface area contributed by atoms with Gasteiger partial charge in [0.2, 0.25) is 0 Å². The molecule has 0 saturated heterocycles. The fraction of sp³-hybridized carbons (Fsp3) is 0.455. The van der Waals surface area contributed by atoms with E-state index in [0.717, 1.165) is 24.9 Å². The summed E-state index contributed by atoms with van der Waals surface area (Å²) >= 11 is 0. The molecule has 1 aromatic carbocycles. The van der Waals surface area contributed by atoms with E-state index in [1.54, 1.807) is 35.4 Å².